The summed E-state index contributed by atoms with van der Waals surface area (Å²) < 4.78 is 25.4. The number of aliphatic imine (C=N–C) groups is 1. The van der Waals surface area contributed by atoms with E-state index in [0.717, 1.165) is 0 Å². The number of hydrogen-bond acceptors (Lipinski definition) is 8. The molecular weight excluding hydrogens is 377 g/mol. The van der Waals surface area contributed by atoms with Crippen LogP contribution >= 0.6 is 0 Å². The number of ether oxygens (including phenoxy) is 2. The molecule has 1 aliphatic heterocycles. The fourth-order valence-electron chi connectivity index (χ4n) is 2.79. The first-order chi connectivity index (χ1) is 14.1. The van der Waals surface area contributed by atoms with Gasteiger partial charge in [-0.05, 0) is 42.5 Å². The summed E-state index contributed by atoms with van der Waals surface area (Å²) in [5, 5.41) is 11.8. The molecule has 1 aliphatic rings. The van der Waals surface area contributed by atoms with Crippen LogP contribution < -0.4 is 20.5 Å². The van der Waals surface area contributed by atoms with Gasteiger partial charge in [0.15, 0.2) is 11.6 Å². The van der Waals surface area contributed by atoms with Gasteiger partial charge in [-0.15, -0.1) is 0 Å². The highest BCUT2D eigenvalue weighted by molar-refractivity contribution is 5.76. The van der Waals surface area contributed by atoms with Gasteiger partial charge >= 0.3 is 0 Å². The van der Waals surface area contributed by atoms with Crippen LogP contribution in [0.4, 0.5) is 27.5 Å². The minimum absolute atomic E-state index is 0.0615. The first-order valence-electron chi connectivity index (χ1n) is 8.87. The van der Waals surface area contributed by atoms with Gasteiger partial charge in [-0.3, -0.25) is 4.99 Å². The molecule has 0 bridgehead atoms. The summed E-state index contributed by atoms with van der Waals surface area (Å²) in [4.78, 5) is 12.5. The van der Waals surface area contributed by atoms with Crippen molar-refractivity contribution in [2.75, 3.05) is 30.9 Å². The van der Waals surface area contributed by atoms with Crippen LogP contribution in [-0.4, -0.2) is 41.1 Å². The molecule has 0 unspecified atom stereocenters. The highest BCUT2D eigenvalue weighted by Gasteiger charge is 2.17. The second-order valence-corrected chi connectivity index (χ2v) is 6.12. The zero-order valence-corrected chi connectivity index (χ0v) is 15.3. The number of aliphatic hydroxyl groups is 1. The van der Waals surface area contributed by atoms with Crippen molar-refractivity contribution in [2.45, 2.75) is 0 Å². The Morgan fingerprint density at radius 3 is 2.79 bits per heavy atom. The monoisotopic (exact) mass is 395 g/mol. The van der Waals surface area contributed by atoms with Crippen LogP contribution in [0.2, 0.25) is 0 Å². The van der Waals surface area contributed by atoms with Crippen molar-refractivity contribution in [3.63, 3.8) is 0 Å². The van der Waals surface area contributed by atoms with Crippen LogP contribution in [0, 0.1) is 5.82 Å². The standard InChI is InChI=1S/C20H18FN5O3/c21-17-18(12-1-6-16-15(11-12)23-7-9-29-16)25-20(26-19(17)22)24-13-2-4-14(5-3-13)28-10-8-27/h1-7,11,27H,8-10H2,(H3,22,24,25,26). The molecule has 2 heterocycles. The normalized spacial score (nSPS) is 12.2. The van der Waals surface area contributed by atoms with E-state index < -0.39 is 5.82 Å². The van der Waals surface area contributed by atoms with Gasteiger partial charge in [-0.1, -0.05) is 0 Å². The van der Waals surface area contributed by atoms with E-state index in [1.54, 1.807) is 48.7 Å². The molecule has 29 heavy (non-hydrogen) atoms. The van der Waals surface area contributed by atoms with E-state index in [-0.39, 0.29) is 30.7 Å². The molecule has 0 aliphatic carbocycles. The van der Waals surface area contributed by atoms with Crippen molar-refractivity contribution in [1.82, 2.24) is 9.97 Å². The van der Waals surface area contributed by atoms with E-state index >= 15 is 0 Å². The molecule has 0 saturated carbocycles. The third kappa shape index (κ3) is 4.09. The fourth-order valence-corrected chi connectivity index (χ4v) is 2.79. The highest BCUT2D eigenvalue weighted by atomic mass is 19.1. The number of aliphatic hydroxyl groups excluding tert-OH is 1. The number of anilines is 3. The average molecular weight is 395 g/mol. The molecule has 3 aromatic rings. The van der Waals surface area contributed by atoms with Gasteiger partial charge in [-0.2, -0.15) is 4.98 Å². The summed E-state index contributed by atoms with van der Waals surface area (Å²) in [5.41, 5.74) is 7.60. The summed E-state index contributed by atoms with van der Waals surface area (Å²) in [6.07, 6.45) is 1.64. The topological polar surface area (TPSA) is 115 Å². The number of benzene rings is 2. The van der Waals surface area contributed by atoms with Crippen LogP contribution in [0.15, 0.2) is 47.5 Å². The summed E-state index contributed by atoms with van der Waals surface area (Å²) in [5.74, 6) is 0.421. The maximum absolute atomic E-state index is 14.6. The Morgan fingerprint density at radius 2 is 2.00 bits per heavy atom. The van der Waals surface area contributed by atoms with E-state index in [9.17, 15) is 4.39 Å². The fraction of sp³-hybridized carbons (Fsp3) is 0.150. The minimum atomic E-state index is -0.705. The lowest BCUT2D eigenvalue weighted by Gasteiger charge is -2.14. The number of rotatable bonds is 6. The molecule has 0 fully saturated rings. The number of aromatic nitrogens is 2. The second-order valence-electron chi connectivity index (χ2n) is 6.12. The van der Waals surface area contributed by atoms with Gasteiger partial charge in [0.1, 0.15) is 36.1 Å². The molecule has 9 heteroatoms. The smallest absolute Gasteiger partial charge is 0.229 e. The first-order valence-corrected chi connectivity index (χ1v) is 8.87. The lowest BCUT2D eigenvalue weighted by Crippen LogP contribution is -2.06. The Kier molecular flexibility index (Phi) is 5.21. The molecule has 0 spiro atoms. The molecule has 4 N–H and O–H groups in total. The van der Waals surface area contributed by atoms with Crippen molar-refractivity contribution in [2.24, 2.45) is 4.99 Å². The minimum Gasteiger partial charge on any atom is -0.491 e. The molecule has 0 saturated heterocycles. The van der Waals surface area contributed by atoms with Crippen LogP contribution in [0.5, 0.6) is 11.5 Å². The number of fused-ring (bicyclic) bond motifs is 1. The predicted molar refractivity (Wildman–Crippen MR) is 108 cm³/mol. The quantitative estimate of drug-likeness (QED) is 0.587. The largest absolute Gasteiger partial charge is 0.491 e. The van der Waals surface area contributed by atoms with Crippen molar-refractivity contribution >= 4 is 29.4 Å². The van der Waals surface area contributed by atoms with Gasteiger partial charge in [0.2, 0.25) is 5.95 Å². The number of hydrogen-bond donors (Lipinski definition) is 3. The van der Waals surface area contributed by atoms with Crippen molar-refractivity contribution < 1.29 is 19.0 Å². The third-order valence-electron chi connectivity index (χ3n) is 4.12. The van der Waals surface area contributed by atoms with Crippen LogP contribution in [-0.2, 0) is 0 Å². The number of nitrogens with one attached hydrogen (secondary N) is 1. The van der Waals surface area contributed by atoms with E-state index in [1.807, 2.05) is 0 Å². The summed E-state index contributed by atoms with van der Waals surface area (Å²) in [6, 6.07) is 12.1. The van der Waals surface area contributed by atoms with E-state index in [2.05, 4.69) is 20.3 Å². The average Bonchev–Trinajstić information content (AvgIpc) is 2.75. The van der Waals surface area contributed by atoms with Gasteiger partial charge in [0.05, 0.1) is 6.61 Å². The number of nitrogen functional groups attached to an aromatic ring is 1. The molecule has 2 aromatic carbocycles. The van der Waals surface area contributed by atoms with Crippen molar-refractivity contribution in [3.05, 3.63) is 48.3 Å². The number of nitrogens with zero attached hydrogens (tertiary/aromatic N) is 3. The summed E-state index contributed by atoms with van der Waals surface area (Å²) in [7, 11) is 0. The van der Waals surface area contributed by atoms with E-state index in [0.29, 0.717) is 35.0 Å². The molecule has 4 rings (SSSR count). The van der Waals surface area contributed by atoms with E-state index in [4.69, 9.17) is 20.3 Å². The Balaban J connectivity index is 1.62. The second kappa shape index (κ2) is 8.11. The number of halogens is 1. The highest BCUT2D eigenvalue weighted by Crippen LogP contribution is 2.35. The molecule has 1 aromatic heterocycles. The zero-order chi connectivity index (χ0) is 20.2. The SMILES string of the molecule is Nc1nc(Nc2ccc(OCCO)cc2)nc(-c2ccc3c(c2)N=CCO3)c1F. The van der Waals surface area contributed by atoms with E-state index in [1.165, 1.54) is 0 Å². The molecular formula is C20H18FN5O3. The first kappa shape index (κ1) is 18.6. The van der Waals surface area contributed by atoms with Gasteiger partial charge in [-0.25, -0.2) is 9.37 Å². The van der Waals surface area contributed by atoms with Crippen molar-refractivity contribution in [3.8, 4) is 22.8 Å². The number of nitrogens with two attached hydrogens (primary N) is 1. The van der Waals surface area contributed by atoms with Crippen molar-refractivity contribution in [1.29, 1.82) is 0 Å². The maximum atomic E-state index is 14.6. The Hall–Kier alpha value is -3.72. The van der Waals surface area contributed by atoms with Gasteiger partial charge < -0.3 is 25.6 Å². The summed E-state index contributed by atoms with van der Waals surface area (Å²) >= 11 is 0. The van der Waals surface area contributed by atoms with Crippen LogP contribution in [0.1, 0.15) is 0 Å². The lowest BCUT2D eigenvalue weighted by molar-refractivity contribution is 0.201. The third-order valence-corrected chi connectivity index (χ3v) is 4.12. The Labute approximate surface area is 165 Å². The molecule has 0 atom stereocenters. The predicted octanol–water partition coefficient (Wildman–Crippen LogP) is 3.07. The maximum Gasteiger partial charge on any atom is 0.229 e. The molecule has 148 valence electrons. The van der Waals surface area contributed by atoms with Crippen LogP contribution in [0.3, 0.4) is 0 Å². The van der Waals surface area contributed by atoms with Gasteiger partial charge in [0, 0.05) is 17.5 Å². The molecule has 0 amide bonds. The zero-order valence-electron chi connectivity index (χ0n) is 15.3. The summed E-state index contributed by atoms with van der Waals surface area (Å²) in [6.45, 7) is 0.550. The van der Waals surface area contributed by atoms with Gasteiger partial charge in [0.25, 0.3) is 0 Å². The van der Waals surface area contributed by atoms with Crippen LogP contribution in [0.25, 0.3) is 11.3 Å². The Morgan fingerprint density at radius 1 is 1.17 bits per heavy atom. The molecule has 8 nitrogen and oxygen atoms in total. The lowest BCUT2D eigenvalue weighted by atomic mass is 10.1. The Bertz CT molecular complexity index is 1060. The molecule has 0 radical (unpaired) electrons.